The molecule has 0 fully saturated rings. The quantitative estimate of drug-likeness (QED) is 0.404. The van der Waals surface area contributed by atoms with E-state index in [9.17, 15) is 0 Å². The molecule has 0 saturated heterocycles. The van der Waals surface area contributed by atoms with Crippen molar-refractivity contribution in [1.29, 1.82) is 0 Å². The van der Waals surface area contributed by atoms with E-state index < -0.39 is 10.4 Å². The van der Waals surface area contributed by atoms with E-state index in [1.807, 2.05) is 28.6 Å². The molecule has 0 aliphatic heterocycles. The van der Waals surface area contributed by atoms with Crippen molar-refractivity contribution in [2.24, 2.45) is 7.05 Å². The number of aromatic nitrogens is 2. The third kappa shape index (κ3) is 6.30. The van der Waals surface area contributed by atoms with Crippen LogP contribution in [-0.4, -0.2) is 33.8 Å². The second-order valence-electron chi connectivity index (χ2n) is 2.82. The Morgan fingerprint density at radius 3 is 2.56 bits per heavy atom. The summed E-state index contributed by atoms with van der Waals surface area (Å²) < 4.78 is 36.7. The van der Waals surface area contributed by atoms with E-state index in [1.165, 1.54) is 0 Å². The monoisotopic (exact) mass is 250 g/mol. The van der Waals surface area contributed by atoms with Crippen LogP contribution in [-0.2, 0) is 24.0 Å². The molecular weight excluding hydrogens is 236 g/mol. The lowest BCUT2D eigenvalue weighted by molar-refractivity contribution is -0.699. The first-order valence-electron chi connectivity index (χ1n) is 4.26. The Kier molecular flexibility index (Phi) is 5.89. The summed E-state index contributed by atoms with van der Waals surface area (Å²) in [6.07, 6.45) is 5.63. The van der Waals surface area contributed by atoms with E-state index in [0.29, 0.717) is 6.54 Å². The van der Waals surface area contributed by atoms with Gasteiger partial charge in [-0.05, 0) is 0 Å². The van der Waals surface area contributed by atoms with Gasteiger partial charge in [0.2, 0.25) is 10.4 Å². The van der Waals surface area contributed by atoms with Crippen molar-refractivity contribution in [2.45, 2.75) is 6.54 Å². The van der Waals surface area contributed by atoms with Crippen molar-refractivity contribution in [3.8, 4) is 0 Å². The maximum atomic E-state index is 8.68. The molecule has 0 amide bonds. The maximum Gasteiger partial charge on any atom is 0.280 e. The van der Waals surface area contributed by atoms with Gasteiger partial charge in [-0.1, -0.05) is 6.58 Å². The average Bonchev–Trinajstić information content (AvgIpc) is 2.45. The third-order valence-electron chi connectivity index (χ3n) is 1.65. The number of imidazole rings is 1. The molecule has 1 heterocycles. The number of hydrogen-bond donors (Lipinski definition) is 2. The van der Waals surface area contributed by atoms with E-state index in [2.05, 4.69) is 6.58 Å². The van der Waals surface area contributed by atoms with Crippen LogP contribution in [0.1, 0.15) is 5.82 Å². The van der Waals surface area contributed by atoms with Crippen LogP contribution in [0.4, 0.5) is 0 Å². The first-order valence-corrected chi connectivity index (χ1v) is 5.62. The molecule has 1 aromatic rings. The van der Waals surface area contributed by atoms with Gasteiger partial charge in [0.05, 0.1) is 13.7 Å². The van der Waals surface area contributed by atoms with Gasteiger partial charge >= 0.3 is 0 Å². The summed E-state index contributed by atoms with van der Waals surface area (Å²) in [6, 6.07) is 0. The Morgan fingerprint density at radius 1 is 1.69 bits per heavy atom. The van der Waals surface area contributed by atoms with Crippen LogP contribution in [0.25, 0.3) is 6.08 Å². The van der Waals surface area contributed by atoms with Gasteiger partial charge in [-0.25, -0.2) is 17.6 Å². The molecule has 0 atom stereocenters. The standard InChI is InChI=1S/C8H13N2O.H2O4S/c1-3-8-9(2)4-5-10(8)6-7-11;1-5(2,3)4/h3-5,11H,1,6-7H2,2H3;(H2,1,2,3,4)/q+1;/p-1. The van der Waals surface area contributed by atoms with Crippen LogP contribution in [0.3, 0.4) is 0 Å². The highest BCUT2D eigenvalue weighted by atomic mass is 32.3. The third-order valence-corrected chi connectivity index (χ3v) is 1.65. The second kappa shape index (κ2) is 6.38. The number of nitrogens with zero attached hydrogens (tertiary/aromatic N) is 2. The van der Waals surface area contributed by atoms with E-state index in [0.717, 1.165) is 5.82 Å². The van der Waals surface area contributed by atoms with Gasteiger partial charge < -0.3 is 9.66 Å². The number of aliphatic hydroxyl groups excluding tert-OH is 1. The first-order chi connectivity index (χ1) is 7.29. The second-order valence-corrected chi connectivity index (χ2v) is 3.67. The Morgan fingerprint density at radius 2 is 2.19 bits per heavy atom. The molecule has 0 spiro atoms. The molecule has 92 valence electrons. The molecule has 0 radical (unpaired) electrons. The van der Waals surface area contributed by atoms with E-state index in [-0.39, 0.29) is 6.61 Å². The summed E-state index contributed by atoms with van der Waals surface area (Å²) in [5.74, 6) is 1.01. The van der Waals surface area contributed by atoms with Crippen molar-refractivity contribution >= 4 is 16.5 Å². The molecule has 7 nitrogen and oxygen atoms in total. The normalized spacial score (nSPS) is 10.5. The van der Waals surface area contributed by atoms with Crippen molar-refractivity contribution in [3.05, 3.63) is 24.8 Å². The minimum Gasteiger partial charge on any atom is -0.726 e. The largest absolute Gasteiger partial charge is 0.726 e. The van der Waals surface area contributed by atoms with Crippen LogP contribution in [0.15, 0.2) is 19.0 Å². The summed E-state index contributed by atoms with van der Waals surface area (Å²) in [7, 11) is -2.97. The Labute approximate surface area is 93.8 Å². The molecule has 0 aliphatic carbocycles. The molecule has 0 unspecified atom stereocenters. The molecule has 0 saturated carbocycles. The molecule has 1 rings (SSSR count). The lowest BCUT2D eigenvalue weighted by Crippen LogP contribution is -2.36. The fourth-order valence-corrected chi connectivity index (χ4v) is 1.09. The van der Waals surface area contributed by atoms with Crippen LogP contribution in [0, 0.1) is 0 Å². The zero-order valence-corrected chi connectivity index (χ0v) is 9.59. The maximum absolute atomic E-state index is 8.68. The number of aliphatic hydroxyl groups is 1. The van der Waals surface area contributed by atoms with Crippen molar-refractivity contribution in [2.75, 3.05) is 6.61 Å². The lowest BCUT2D eigenvalue weighted by atomic mass is 10.5. The number of aryl methyl sites for hydroxylation is 1. The summed E-state index contributed by atoms with van der Waals surface area (Å²) in [5, 5.41) is 8.68. The van der Waals surface area contributed by atoms with Crippen LogP contribution in [0.2, 0.25) is 0 Å². The molecule has 2 N–H and O–H groups in total. The average molecular weight is 250 g/mol. The summed E-state index contributed by atoms with van der Waals surface area (Å²) >= 11 is 0. The summed E-state index contributed by atoms with van der Waals surface area (Å²) in [4.78, 5) is 0. The Hall–Kier alpha value is -1.22. The summed E-state index contributed by atoms with van der Waals surface area (Å²) in [5.41, 5.74) is 0. The predicted octanol–water partition coefficient (Wildman–Crippen LogP) is -1.05. The molecule has 1 aromatic heterocycles. The van der Waals surface area contributed by atoms with Crippen LogP contribution in [0.5, 0.6) is 0 Å². The minimum absolute atomic E-state index is 0.162. The van der Waals surface area contributed by atoms with Crippen LogP contribution < -0.4 is 4.57 Å². The molecule has 8 heteroatoms. The highest BCUT2D eigenvalue weighted by Gasteiger charge is 2.08. The predicted molar refractivity (Wildman–Crippen MR) is 55.1 cm³/mol. The zero-order chi connectivity index (χ0) is 12.8. The van der Waals surface area contributed by atoms with E-state index >= 15 is 0 Å². The fraction of sp³-hybridized carbons (Fsp3) is 0.375. The molecule has 0 bridgehead atoms. The molecule has 0 aliphatic rings. The highest BCUT2D eigenvalue weighted by Crippen LogP contribution is 1.92. The molecule has 16 heavy (non-hydrogen) atoms. The van der Waals surface area contributed by atoms with Gasteiger partial charge in [-0.2, -0.15) is 0 Å². The first kappa shape index (κ1) is 14.8. The number of rotatable bonds is 3. The smallest absolute Gasteiger partial charge is 0.280 e. The zero-order valence-electron chi connectivity index (χ0n) is 8.78. The van der Waals surface area contributed by atoms with Gasteiger partial charge in [-0.3, -0.25) is 4.55 Å². The van der Waals surface area contributed by atoms with E-state index in [1.54, 1.807) is 6.08 Å². The SMILES string of the molecule is C=Cc1n(C)cc[n+]1CCO.O=S(=O)([O-])O. The van der Waals surface area contributed by atoms with Crippen LogP contribution >= 0.6 is 0 Å². The van der Waals surface area contributed by atoms with Gasteiger partial charge in [0.1, 0.15) is 18.9 Å². The van der Waals surface area contributed by atoms with E-state index in [4.69, 9.17) is 22.6 Å². The lowest BCUT2D eigenvalue weighted by Gasteiger charge is -1.94. The van der Waals surface area contributed by atoms with Crippen molar-refractivity contribution in [1.82, 2.24) is 4.57 Å². The number of hydrogen-bond acceptors (Lipinski definition) is 4. The van der Waals surface area contributed by atoms with Gasteiger partial charge in [0, 0.05) is 6.08 Å². The molecule has 0 aromatic carbocycles. The fourth-order valence-electron chi connectivity index (χ4n) is 1.09. The molecular formula is C8H14N2O5S. The van der Waals surface area contributed by atoms with Crippen molar-refractivity contribution < 1.29 is 27.2 Å². The van der Waals surface area contributed by atoms with Gasteiger partial charge in [0.25, 0.3) is 5.82 Å². The Bertz CT molecular complexity index is 429. The summed E-state index contributed by atoms with van der Waals surface area (Å²) in [6.45, 7) is 4.47. The van der Waals surface area contributed by atoms with Crippen molar-refractivity contribution in [3.63, 3.8) is 0 Å². The Balaban J connectivity index is 0.000000385. The van der Waals surface area contributed by atoms with Gasteiger partial charge in [-0.15, -0.1) is 0 Å². The topological polar surface area (TPSA) is 106 Å². The minimum atomic E-state index is -4.92. The highest BCUT2D eigenvalue weighted by molar-refractivity contribution is 7.79. The van der Waals surface area contributed by atoms with Gasteiger partial charge in [0.15, 0.2) is 0 Å².